The molecule has 1 heterocycles. The molecule has 78 valence electrons. The average molecular weight is 200 g/mol. The van der Waals surface area contributed by atoms with Gasteiger partial charge in [0.1, 0.15) is 0 Å². The summed E-state index contributed by atoms with van der Waals surface area (Å²) < 4.78 is 0. The van der Waals surface area contributed by atoms with Gasteiger partial charge >= 0.3 is 0 Å². The highest BCUT2D eigenvalue weighted by Gasteiger charge is 2.08. The van der Waals surface area contributed by atoms with E-state index in [2.05, 4.69) is 36.3 Å². The number of fused-ring (bicyclic) bond motifs is 1. The molecule has 1 aromatic carbocycles. The molecule has 1 aliphatic rings. The van der Waals surface area contributed by atoms with Gasteiger partial charge in [-0.1, -0.05) is 32.0 Å². The van der Waals surface area contributed by atoms with Gasteiger partial charge in [0, 0.05) is 23.2 Å². The Balaban J connectivity index is 2.44. The van der Waals surface area contributed by atoms with Gasteiger partial charge in [-0.3, -0.25) is 4.99 Å². The molecule has 2 heteroatoms. The molecular weight excluding hydrogens is 184 g/mol. The Morgan fingerprint density at radius 1 is 1.13 bits per heavy atom. The SMILES string of the molecule is CCC1=C(CC)Nc2ccccc2C=N1. The molecule has 0 atom stereocenters. The van der Waals surface area contributed by atoms with Gasteiger partial charge in [-0.05, 0) is 18.9 Å². The monoisotopic (exact) mass is 200 g/mol. The minimum Gasteiger partial charge on any atom is -0.357 e. The van der Waals surface area contributed by atoms with Crippen LogP contribution in [0.3, 0.4) is 0 Å². The zero-order chi connectivity index (χ0) is 10.7. The molecule has 0 fully saturated rings. The highest BCUT2D eigenvalue weighted by atomic mass is 14.9. The van der Waals surface area contributed by atoms with Crippen molar-refractivity contribution in [1.82, 2.24) is 0 Å². The van der Waals surface area contributed by atoms with Crippen LogP contribution >= 0.6 is 0 Å². The van der Waals surface area contributed by atoms with E-state index in [4.69, 9.17) is 0 Å². The quantitative estimate of drug-likeness (QED) is 0.775. The number of para-hydroxylation sites is 1. The van der Waals surface area contributed by atoms with E-state index in [0.29, 0.717) is 0 Å². The number of anilines is 1. The third-order valence-corrected chi connectivity index (χ3v) is 2.64. The van der Waals surface area contributed by atoms with Crippen molar-refractivity contribution in [2.24, 2.45) is 4.99 Å². The van der Waals surface area contributed by atoms with E-state index >= 15 is 0 Å². The van der Waals surface area contributed by atoms with Crippen molar-refractivity contribution < 1.29 is 0 Å². The lowest BCUT2D eigenvalue weighted by Gasteiger charge is -2.10. The zero-order valence-corrected chi connectivity index (χ0v) is 9.25. The first-order chi connectivity index (χ1) is 7.35. The number of rotatable bonds is 2. The molecule has 0 spiro atoms. The Bertz CT molecular complexity index is 416. The third-order valence-electron chi connectivity index (χ3n) is 2.64. The van der Waals surface area contributed by atoms with Crippen LogP contribution in [0.25, 0.3) is 0 Å². The number of hydrogen-bond donors (Lipinski definition) is 1. The first-order valence-electron chi connectivity index (χ1n) is 5.47. The van der Waals surface area contributed by atoms with Crippen molar-refractivity contribution in [3.05, 3.63) is 41.2 Å². The Labute approximate surface area is 90.7 Å². The molecule has 1 aliphatic heterocycles. The van der Waals surface area contributed by atoms with Gasteiger partial charge in [0.2, 0.25) is 0 Å². The van der Waals surface area contributed by atoms with Crippen LogP contribution in [-0.4, -0.2) is 6.21 Å². The fourth-order valence-corrected chi connectivity index (χ4v) is 1.78. The van der Waals surface area contributed by atoms with E-state index in [1.807, 2.05) is 18.3 Å². The smallest absolute Gasteiger partial charge is 0.0593 e. The van der Waals surface area contributed by atoms with Crippen molar-refractivity contribution in [2.75, 3.05) is 5.32 Å². The van der Waals surface area contributed by atoms with Crippen LogP contribution in [0, 0.1) is 0 Å². The molecular formula is C13H16N2. The number of nitrogens with zero attached hydrogens (tertiary/aromatic N) is 1. The number of hydrogen-bond acceptors (Lipinski definition) is 2. The van der Waals surface area contributed by atoms with Crippen LogP contribution < -0.4 is 5.32 Å². The summed E-state index contributed by atoms with van der Waals surface area (Å²) in [4.78, 5) is 4.53. The standard InChI is InChI=1S/C13H16N2/c1-3-11-12(4-2)15-13-8-6-5-7-10(13)9-14-11/h5-9,15H,3-4H2,1-2H3. The summed E-state index contributed by atoms with van der Waals surface area (Å²) in [5.74, 6) is 0. The third kappa shape index (κ3) is 1.94. The molecule has 0 saturated carbocycles. The summed E-state index contributed by atoms with van der Waals surface area (Å²) in [5.41, 5.74) is 4.71. The first-order valence-corrected chi connectivity index (χ1v) is 5.47. The molecule has 0 bridgehead atoms. The summed E-state index contributed by atoms with van der Waals surface area (Å²) >= 11 is 0. The molecule has 0 amide bonds. The van der Waals surface area contributed by atoms with Gasteiger partial charge in [-0.2, -0.15) is 0 Å². The maximum atomic E-state index is 4.53. The van der Waals surface area contributed by atoms with Crippen LogP contribution in [0.4, 0.5) is 5.69 Å². The fraction of sp³-hybridized carbons (Fsp3) is 0.308. The Morgan fingerprint density at radius 3 is 2.67 bits per heavy atom. The van der Waals surface area contributed by atoms with Gasteiger partial charge in [0.05, 0.1) is 5.70 Å². The maximum absolute atomic E-state index is 4.53. The summed E-state index contributed by atoms with van der Waals surface area (Å²) in [6.07, 6.45) is 3.92. The van der Waals surface area contributed by atoms with E-state index < -0.39 is 0 Å². The van der Waals surface area contributed by atoms with E-state index in [1.54, 1.807) is 0 Å². The molecule has 1 N–H and O–H groups in total. The lowest BCUT2D eigenvalue weighted by Crippen LogP contribution is -2.01. The highest BCUT2D eigenvalue weighted by Crippen LogP contribution is 2.23. The lowest BCUT2D eigenvalue weighted by molar-refractivity contribution is 0.977. The van der Waals surface area contributed by atoms with Crippen molar-refractivity contribution in [3.8, 4) is 0 Å². The van der Waals surface area contributed by atoms with Crippen molar-refractivity contribution in [3.63, 3.8) is 0 Å². The number of nitrogens with one attached hydrogen (secondary N) is 1. The zero-order valence-electron chi connectivity index (χ0n) is 9.25. The van der Waals surface area contributed by atoms with Crippen LogP contribution in [-0.2, 0) is 0 Å². The van der Waals surface area contributed by atoms with Crippen molar-refractivity contribution in [1.29, 1.82) is 0 Å². The van der Waals surface area contributed by atoms with Crippen molar-refractivity contribution in [2.45, 2.75) is 26.7 Å². The number of benzene rings is 1. The van der Waals surface area contributed by atoms with Crippen LogP contribution in [0.2, 0.25) is 0 Å². The topological polar surface area (TPSA) is 24.4 Å². The largest absolute Gasteiger partial charge is 0.357 e. The second-order valence-corrected chi connectivity index (χ2v) is 3.60. The predicted octanol–water partition coefficient (Wildman–Crippen LogP) is 3.56. The summed E-state index contributed by atoms with van der Waals surface area (Å²) in [6.45, 7) is 4.29. The number of aliphatic imine (C=N–C) groups is 1. The first kappa shape index (κ1) is 9.97. The maximum Gasteiger partial charge on any atom is 0.0593 e. The minimum absolute atomic E-state index is 0.973. The molecule has 2 nitrogen and oxygen atoms in total. The molecule has 2 rings (SSSR count). The van der Waals surface area contributed by atoms with Gasteiger partial charge in [-0.25, -0.2) is 0 Å². The average Bonchev–Trinajstić information content (AvgIpc) is 2.47. The lowest BCUT2D eigenvalue weighted by atomic mass is 10.2. The van der Waals surface area contributed by atoms with Gasteiger partial charge in [-0.15, -0.1) is 0 Å². The Hall–Kier alpha value is -1.57. The summed E-state index contributed by atoms with van der Waals surface area (Å²) in [7, 11) is 0. The fourth-order valence-electron chi connectivity index (χ4n) is 1.78. The normalized spacial score (nSPS) is 14.5. The van der Waals surface area contributed by atoms with Gasteiger partial charge < -0.3 is 5.32 Å². The molecule has 0 aromatic heterocycles. The predicted molar refractivity (Wildman–Crippen MR) is 65.3 cm³/mol. The molecule has 0 unspecified atom stereocenters. The molecule has 0 saturated heterocycles. The van der Waals surface area contributed by atoms with Crippen LogP contribution in [0.1, 0.15) is 32.3 Å². The summed E-state index contributed by atoms with van der Waals surface area (Å²) in [6, 6.07) is 8.26. The van der Waals surface area contributed by atoms with Gasteiger partial charge in [0.15, 0.2) is 0 Å². The summed E-state index contributed by atoms with van der Waals surface area (Å²) in [5, 5.41) is 3.46. The molecule has 0 radical (unpaired) electrons. The molecule has 15 heavy (non-hydrogen) atoms. The number of allylic oxidation sites excluding steroid dienone is 2. The van der Waals surface area contributed by atoms with E-state index in [0.717, 1.165) is 29.8 Å². The highest BCUT2D eigenvalue weighted by molar-refractivity contribution is 5.89. The van der Waals surface area contributed by atoms with Gasteiger partial charge in [0.25, 0.3) is 0 Å². The molecule has 0 aliphatic carbocycles. The second kappa shape index (κ2) is 4.30. The van der Waals surface area contributed by atoms with E-state index in [1.165, 1.54) is 5.70 Å². The van der Waals surface area contributed by atoms with E-state index in [-0.39, 0.29) is 0 Å². The van der Waals surface area contributed by atoms with Crippen LogP contribution in [0.5, 0.6) is 0 Å². The van der Waals surface area contributed by atoms with E-state index in [9.17, 15) is 0 Å². The Morgan fingerprint density at radius 2 is 1.93 bits per heavy atom. The minimum atomic E-state index is 0.973. The second-order valence-electron chi connectivity index (χ2n) is 3.60. The van der Waals surface area contributed by atoms with Crippen LogP contribution in [0.15, 0.2) is 40.7 Å². The van der Waals surface area contributed by atoms with Crippen molar-refractivity contribution >= 4 is 11.9 Å². The Kier molecular flexibility index (Phi) is 2.86. The molecule has 1 aromatic rings.